The monoisotopic (exact) mass is 492 g/mol. The number of amides is 1. The van der Waals surface area contributed by atoms with Crippen molar-refractivity contribution in [3.05, 3.63) is 93.9 Å². The lowest BCUT2D eigenvalue weighted by molar-refractivity contribution is -0.119. The van der Waals surface area contributed by atoms with E-state index in [1.54, 1.807) is 60.7 Å². The van der Waals surface area contributed by atoms with E-state index in [4.69, 9.17) is 11.6 Å². The Labute approximate surface area is 183 Å². The number of hydrogen-bond acceptors (Lipinski definition) is 3. The van der Waals surface area contributed by atoms with Crippen LogP contribution in [-0.2, 0) is 21.4 Å². The van der Waals surface area contributed by atoms with Gasteiger partial charge in [0.1, 0.15) is 6.54 Å². The molecule has 0 heterocycles. The standard InChI is InChI=1S/C21H18BrClN2O3S/c22-17-8-6-9-18(13-17)25(29(27,28)19-10-2-1-3-11-19)15-21(26)24-14-16-7-4-5-12-20(16)23/h1-13H,14-15H2,(H,24,26). The largest absolute Gasteiger partial charge is 0.350 e. The van der Waals surface area contributed by atoms with Crippen molar-refractivity contribution in [1.82, 2.24) is 5.32 Å². The predicted octanol–water partition coefficient (Wildman–Crippen LogP) is 4.61. The highest BCUT2D eigenvalue weighted by Crippen LogP contribution is 2.26. The molecule has 0 spiro atoms. The zero-order valence-corrected chi connectivity index (χ0v) is 18.4. The Kier molecular flexibility index (Phi) is 6.95. The molecule has 0 aliphatic carbocycles. The van der Waals surface area contributed by atoms with E-state index in [1.165, 1.54) is 12.1 Å². The summed E-state index contributed by atoms with van der Waals surface area (Å²) in [7, 11) is -3.93. The molecule has 0 unspecified atom stereocenters. The van der Waals surface area contributed by atoms with Crippen LogP contribution >= 0.6 is 27.5 Å². The number of nitrogens with one attached hydrogen (secondary N) is 1. The highest BCUT2D eigenvalue weighted by atomic mass is 79.9. The van der Waals surface area contributed by atoms with E-state index in [-0.39, 0.29) is 18.0 Å². The average Bonchev–Trinajstić information content (AvgIpc) is 2.72. The first-order valence-corrected chi connectivity index (χ1v) is 11.3. The number of carbonyl (C=O) groups excluding carboxylic acids is 1. The molecule has 0 aromatic heterocycles. The third-order valence-corrected chi connectivity index (χ3v) is 6.80. The molecule has 1 N–H and O–H groups in total. The zero-order valence-electron chi connectivity index (χ0n) is 15.3. The molecule has 3 rings (SSSR count). The van der Waals surface area contributed by atoms with Gasteiger partial charge < -0.3 is 5.32 Å². The van der Waals surface area contributed by atoms with E-state index in [0.717, 1.165) is 9.87 Å². The summed E-state index contributed by atoms with van der Waals surface area (Å²) < 4.78 is 28.2. The summed E-state index contributed by atoms with van der Waals surface area (Å²) in [6, 6.07) is 22.0. The molecule has 0 aliphatic heterocycles. The second kappa shape index (κ2) is 9.43. The van der Waals surface area contributed by atoms with Crippen LogP contribution in [0.2, 0.25) is 5.02 Å². The van der Waals surface area contributed by atoms with Crippen LogP contribution in [0.25, 0.3) is 0 Å². The number of carbonyl (C=O) groups is 1. The summed E-state index contributed by atoms with van der Waals surface area (Å²) in [6.45, 7) is -0.158. The van der Waals surface area contributed by atoms with Crippen LogP contribution in [0.1, 0.15) is 5.56 Å². The van der Waals surface area contributed by atoms with Crippen molar-refractivity contribution in [2.24, 2.45) is 0 Å². The van der Waals surface area contributed by atoms with E-state index >= 15 is 0 Å². The molecule has 0 fully saturated rings. The quantitative estimate of drug-likeness (QED) is 0.522. The molecule has 0 saturated heterocycles. The summed E-state index contributed by atoms with van der Waals surface area (Å²) in [6.07, 6.45) is 0. The second-order valence-corrected chi connectivity index (χ2v) is 9.36. The zero-order chi connectivity index (χ0) is 20.9. The number of hydrogen-bond donors (Lipinski definition) is 1. The fraction of sp³-hybridized carbons (Fsp3) is 0.0952. The molecule has 0 atom stereocenters. The van der Waals surface area contributed by atoms with Crippen molar-refractivity contribution in [2.75, 3.05) is 10.8 Å². The summed E-state index contributed by atoms with van der Waals surface area (Å²) in [5.41, 5.74) is 1.14. The third-order valence-electron chi connectivity index (χ3n) is 4.15. The van der Waals surface area contributed by atoms with Gasteiger partial charge in [-0.2, -0.15) is 0 Å². The molecule has 29 heavy (non-hydrogen) atoms. The number of anilines is 1. The first kappa shape index (κ1) is 21.4. The molecule has 1 amide bonds. The van der Waals surface area contributed by atoms with E-state index in [1.807, 2.05) is 6.07 Å². The lowest BCUT2D eigenvalue weighted by Crippen LogP contribution is -2.40. The Balaban J connectivity index is 1.86. The maximum absolute atomic E-state index is 13.2. The van der Waals surface area contributed by atoms with Crippen molar-refractivity contribution in [3.63, 3.8) is 0 Å². The lowest BCUT2D eigenvalue weighted by atomic mass is 10.2. The Morgan fingerprint density at radius 1 is 0.966 bits per heavy atom. The van der Waals surface area contributed by atoms with Gasteiger partial charge in [-0.25, -0.2) is 8.42 Å². The van der Waals surface area contributed by atoms with Gasteiger partial charge in [-0.1, -0.05) is 70.0 Å². The number of sulfonamides is 1. The van der Waals surface area contributed by atoms with Gasteiger partial charge in [0.2, 0.25) is 5.91 Å². The molecule has 3 aromatic rings. The van der Waals surface area contributed by atoms with E-state index in [0.29, 0.717) is 15.2 Å². The maximum atomic E-state index is 13.2. The molecule has 0 radical (unpaired) electrons. The van der Waals surface area contributed by atoms with Crippen molar-refractivity contribution >= 4 is 49.1 Å². The van der Waals surface area contributed by atoms with Crippen LogP contribution in [0.4, 0.5) is 5.69 Å². The topological polar surface area (TPSA) is 66.5 Å². The van der Waals surface area contributed by atoms with Gasteiger partial charge >= 0.3 is 0 Å². The predicted molar refractivity (Wildman–Crippen MR) is 118 cm³/mol. The van der Waals surface area contributed by atoms with E-state index in [2.05, 4.69) is 21.2 Å². The SMILES string of the molecule is O=C(CN(c1cccc(Br)c1)S(=O)(=O)c1ccccc1)NCc1ccccc1Cl. The summed E-state index contributed by atoms with van der Waals surface area (Å²) in [5.74, 6) is -0.440. The Hall–Kier alpha value is -2.35. The number of halogens is 2. The smallest absolute Gasteiger partial charge is 0.264 e. The van der Waals surface area contributed by atoms with E-state index < -0.39 is 15.9 Å². The van der Waals surface area contributed by atoms with Crippen molar-refractivity contribution in [3.8, 4) is 0 Å². The minimum absolute atomic E-state index is 0.110. The molecule has 150 valence electrons. The summed E-state index contributed by atoms with van der Waals surface area (Å²) in [4.78, 5) is 12.7. The van der Waals surface area contributed by atoms with Gasteiger partial charge in [-0.15, -0.1) is 0 Å². The number of nitrogens with zero attached hydrogens (tertiary/aromatic N) is 1. The molecule has 0 aliphatic rings. The summed E-state index contributed by atoms with van der Waals surface area (Å²) >= 11 is 9.47. The van der Waals surface area contributed by atoms with Crippen LogP contribution in [0.3, 0.4) is 0 Å². The van der Waals surface area contributed by atoms with Gasteiger partial charge in [0.15, 0.2) is 0 Å². The van der Waals surface area contributed by atoms with Gasteiger partial charge in [-0.3, -0.25) is 9.10 Å². The van der Waals surface area contributed by atoms with Gasteiger partial charge in [-0.05, 0) is 42.0 Å². The minimum atomic E-state index is -3.93. The first-order chi connectivity index (χ1) is 13.9. The highest BCUT2D eigenvalue weighted by Gasteiger charge is 2.27. The van der Waals surface area contributed by atoms with Crippen molar-refractivity contribution in [1.29, 1.82) is 0 Å². The van der Waals surface area contributed by atoms with Crippen LogP contribution in [0.5, 0.6) is 0 Å². The maximum Gasteiger partial charge on any atom is 0.264 e. The molecular weight excluding hydrogens is 476 g/mol. The Bertz CT molecular complexity index is 1110. The third kappa shape index (κ3) is 5.38. The molecule has 5 nitrogen and oxygen atoms in total. The second-order valence-electron chi connectivity index (χ2n) is 6.17. The minimum Gasteiger partial charge on any atom is -0.350 e. The fourth-order valence-corrected chi connectivity index (χ4v) is 4.71. The molecule has 0 saturated carbocycles. The van der Waals surface area contributed by atoms with Crippen LogP contribution < -0.4 is 9.62 Å². The van der Waals surface area contributed by atoms with Gasteiger partial charge in [0.25, 0.3) is 10.0 Å². The molecule has 0 bridgehead atoms. The van der Waals surface area contributed by atoms with Crippen molar-refractivity contribution < 1.29 is 13.2 Å². The fourth-order valence-electron chi connectivity index (χ4n) is 2.69. The first-order valence-electron chi connectivity index (χ1n) is 8.71. The van der Waals surface area contributed by atoms with Crippen molar-refractivity contribution in [2.45, 2.75) is 11.4 Å². The van der Waals surface area contributed by atoms with Crippen LogP contribution in [-0.4, -0.2) is 20.9 Å². The highest BCUT2D eigenvalue weighted by molar-refractivity contribution is 9.10. The van der Waals surface area contributed by atoms with Crippen LogP contribution in [0, 0.1) is 0 Å². The lowest BCUT2D eigenvalue weighted by Gasteiger charge is -2.24. The number of rotatable bonds is 7. The Morgan fingerprint density at radius 3 is 2.34 bits per heavy atom. The molecule has 3 aromatic carbocycles. The van der Waals surface area contributed by atoms with Crippen LogP contribution in [0.15, 0.2) is 88.2 Å². The van der Waals surface area contributed by atoms with Gasteiger partial charge in [0.05, 0.1) is 10.6 Å². The normalized spacial score (nSPS) is 11.1. The summed E-state index contributed by atoms with van der Waals surface area (Å²) in [5, 5.41) is 3.27. The van der Waals surface area contributed by atoms with Gasteiger partial charge in [0, 0.05) is 16.0 Å². The molecular formula is C21H18BrClN2O3S. The Morgan fingerprint density at radius 2 is 1.66 bits per heavy atom. The molecule has 8 heteroatoms. The average molecular weight is 494 g/mol. The van der Waals surface area contributed by atoms with E-state index in [9.17, 15) is 13.2 Å². The number of benzene rings is 3.